The van der Waals surface area contributed by atoms with Gasteiger partial charge in [-0.1, -0.05) is 81.4 Å². The van der Waals surface area contributed by atoms with Crippen molar-refractivity contribution < 1.29 is 9.21 Å². The van der Waals surface area contributed by atoms with E-state index in [1.54, 1.807) is 23.4 Å². The molecule has 1 aliphatic heterocycles. The van der Waals surface area contributed by atoms with Gasteiger partial charge < -0.3 is 4.42 Å². The third-order valence-electron chi connectivity index (χ3n) is 5.24. The molecule has 0 atom stereocenters. The van der Waals surface area contributed by atoms with Gasteiger partial charge >= 0.3 is 0 Å². The highest BCUT2D eigenvalue weighted by Crippen LogP contribution is 2.34. The molecule has 3 aromatic rings. The summed E-state index contributed by atoms with van der Waals surface area (Å²) >= 11 is 1.32. The van der Waals surface area contributed by atoms with Crippen LogP contribution in [0.5, 0.6) is 0 Å². The molecular formula is C28H27N3O2S. The van der Waals surface area contributed by atoms with E-state index in [1.807, 2.05) is 66.8 Å². The van der Waals surface area contributed by atoms with Crippen molar-refractivity contribution in [1.29, 1.82) is 0 Å². The monoisotopic (exact) mass is 469 g/mol. The average molecular weight is 470 g/mol. The van der Waals surface area contributed by atoms with E-state index in [2.05, 4.69) is 43.1 Å². The van der Waals surface area contributed by atoms with E-state index in [0.717, 1.165) is 11.1 Å². The number of rotatable bonds is 6. The number of benzene rings is 2. The maximum atomic E-state index is 13.2. The van der Waals surface area contributed by atoms with E-state index >= 15 is 0 Å². The Morgan fingerprint density at radius 1 is 0.971 bits per heavy atom. The third-order valence-corrected chi connectivity index (χ3v) is 6.24. The van der Waals surface area contributed by atoms with Gasteiger partial charge in [-0.05, 0) is 58.2 Å². The van der Waals surface area contributed by atoms with Crippen LogP contribution in [-0.4, -0.2) is 22.2 Å². The lowest BCUT2D eigenvalue weighted by Gasteiger charge is -2.18. The normalized spacial score (nSPS) is 17.1. The van der Waals surface area contributed by atoms with Crippen LogP contribution < -0.4 is 0 Å². The van der Waals surface area contributed by atoms with Crippen LogP contribution in [0.1, 0.15) is 43.2 Å². The van der Waals surface area contributed by atoms with E-state index < -0.39 is 0 Å². The summed E-state index contributed by atoms with van der Waals surface area (Å²) in [5.41, 5.74) is 3.38. The van der Waals surface area contributed by atoms with Crippen molar-refractivity contribution in [2.45, 2.75) is 32.7 Å². The molecule has 0 radical (unpaired) electrons. The highest BCUT2D eigenvalue weighted by Gasteiger charge is 2.34. The van der Waals surface area contributed by atoms with E-state index in [1.165, 1.54) is 17.3 Å². The van der Waals surface area contributed by atoms with Crippen LogP contribution in [-0.2, 0) is 16.8 Å². The SMILES string of the molecule is CC(C)(C)c1ccc(/C=C2\S/C(=N/N=C\C=C\c3ccccc3)N(Cc3ccco3)C2=O)cc1. The molecule has 0 saturated carbocycles. The van der Waals surface area contributed by atoms with Crippen molar-refractivity contribution >= 4 is 41.2 Å². The number of furan rings is 1. The number of carbonyl (C=O) groups is 1. The van der Waals surface area contributed by atoms with Gasteiger partial charge in [0.15, 0.2) is 5.17 Å². The van der Waals surface area contributed by atoms with Crippen molar-refractivity contribution in [3.63, 3.8) is 0 Å². The summed E-state index contributed by atoms with van der Waals surface area (Å²) in [6.45, 7) is 6.85. The zero-order chi connectivity index (χ0) is 24.0. The molecule has 0 aliphatic carbocycles. The lowest BCUT2D eigenvalue weighted by Crippen LogP contribution is -2.28. The number of hydrogen-bond donors (Lipinski definition) is 0. The average Bonchev–Trinajstić information content (AvgIpc) is 3.44. The van der Waals surface area contributed by atoms with Gasteiger partial charge in [0.2, 0.25) is 0 Å². The molecule has 0 spiro atoms. The van der Waals surface area contributed by atoms with Gasteiger partial charge in [-0.3, -0.25) is 9.69 Å². The predicted octanol–water partition coefficient (Wildman–Crippen LogP) is 6.75. The number of amidine groups is 1. The van der Waals surface area contributed by atoms with Gasteiger partial charge in [0, 0.05) is 6.21 Å². The first kappa shape index (κ1) is 23.5. The molecule has 0 unspecified atom stereocenters. The predicted molar refractivity (Wildman–Crippen MR) is 141 cm³/mol. The minimum Gasteiger partial charge on any atom is -0.467 e. The summed E-state index contributed by atoms with van der Waals surface area (Å²) in [6.07, 6.45) is 8.88. The molecule has 1 aliphatic rings. The van der Waals surface area contributed by atoms with Crippen molar-refractivity contribution in [3.8, 4) is 0 Å². The van der Waals surface area contributed by atoms with Crippen LogP contribution in [0.3, 0.4) is 0 Å². The number of nitrogens with zero attached hydrogens (tertiary/aromatic N) is 3. The topological polar surface area (TPSA) is 58.2 Å². The number of amides is 1. The number of thioether (sulfide) groups is 1. The lowest BCUT2D eigenvalue weighted by atomic mass is 9.87. The minimum atomic E-state index is -0.116. The summed E-state index contributed by atoms with van der Waals surface area (Å²) in [6, 6.07) is 21.9. The van der Waals surface area contributed by atoms with E-state index in [4.69, 9.17) is 4.42 Å². The van der Waals surface area contributed by atoms with E-state index in [-0.39, 0.29) is 11.3 Å². The van der Waals surface area contributed by atoms with Crippen LogP contribution in [0.15, 0.2) is 98.6 Å². The van der Waals surface area contributed by atoms with Crippen LogP contribution in [0.4, 0.5) is 0 Å². The highest BCUT2D eigenvalue weighted by molar-refractivity contribution is 8.18. The smallest absolute Gasteiger partial charge is 0.267 e. The zero-order valence-electron chi connectivity index (χ0n) is 19.5. The molecule has 2 heterocycles. The Labute approximate surface area is 204 Å². The Bertz CT molecular complexity index is 1230. The molecule has 1 amide bonds. The molecular weight excluding hydrogens is 442 g/mol. The van der Waals surface area contributed by atoms with Crippen molar-refractivity contribution in [3.05, 3.63) is 106 Å². The maximum absolute atomic E-state index is 13.2. The lowest BCUT2D eigenvalue weighted by molar-refractivity contribution is -0.122. The largest absolute Gasteiger partial charge is 0.467 e. The Morgan fingerprint density at radius 3 is 2.41 bits per heavy atom. The Hall–Kier alpha value is -3.64. The van der Waals surface area contributed by atoms with Gasteiger partial charge in [0.25, 0.3) is 5.91 Å². The van der Waals surface area contributed by atoms with Gasteiger partial charge in [0.1, 0.15) is 5.76 Å². The molecule has 0 N–H and O–H groups in total. The summed E-state index contributed by atoms with van der Waals surface area (Å²) in [4.78, 5) is 15.4. The highest BCUT2D eigenvalue weighted by atomic mass is 32.2. The van der Waals surface area contributed by atoms with Crippen LogP contribution >= 0.6 is 11.8 Å². The molecule has 1 aromatic heterocycles. The molecule has 1 fully saturated rings. The van der Waals surface area contributed by atoms with Crippen molar-refractivity contribution in [1.82, 2.24) is 4.90 Å². The van der Waals surface area contributed by atoms with E-state index in [9.17, 15) is 4.79 Å². The van der Waals surface area contributed by atoms with Crippen molar-refractivity contribution in [2.24, 2.45) is 10.2 Å². The molecule has 6 heteroatoms. The molecule has 0 bridgehead atoms. The first-order valence-electron chi connectivity index (χ1n) is 11.1. The quantitative estimate of drug-likeness (QED) is 0.228. The Morgan fingerprint density at radius 2 is 1.74 bits per heavy atom. The first-order chi connectivity index (χ1) is 16.4. The summed E-state index contributed by atoms with van der Waals surface area (Å²) in [5, 5.41) is 9.01. The Balaban J connectivity index is 1.55. The first-order valence-corrected chi connectivity index (χ1v) is 11.9. The summed E-state index contributed by atoms with van der Waals surface area (Å²) in [5.74, 6) is 0.570. The van der Waals surface area contributed by atoms with Crippen LogP contribution in [0.25, 0.3) is 12.2 Å². The standard InChI is InChI=1S/C28H27N3O2S/c1-28(2,3)23-15-13-22(14-16-23)19-25-26(32)31(20-24-12-8-18-33-24)27(34-25)30-29-17-7-11-21-9-5-4-6-10-21/h4-19H,20H2,1-3H3/b11-7+,25-19-,29-17-,30-27+. The second-order valence-corrected chi connectivity index (χ2v) is 9.88. The number of hydrogen-bond acceptors (Lipinski definition) is 5. The molecule has 1 saturated heterocycles. The molecule has 5 nitrogen and oxygen atoms in total. The Kier molecular flexibility index (Phi) is 7.28. The van der Waals surface area contributed by atoms with Crippen molar-refractivity contribution in [2.75, 3.05) is 0 Å². The summed E-state index contributed by atoms with van der Waals surface area (Å²) < 4.78 is 5.46. The molecule has 2 aromatic carbocycles. The minimum absolute atomic E-state index is 0.0796. The van der Waals surface area contributed by atoms with Gasteiger partial charge in [-0.2, -0.15) is 5.10 Å². The summed E-state index contributed by atoms with van der Waals surface area (Å²) in [7, 11) is 0. The van der Waals surface area contributed by atoms with E-state index in [0.29, 0.717) is 22.4 Å². The van der Waals surface area contributed by atoms with Crippen LogP contribution in [0.2, 0.25) is 0 Å². The zero-order valence-corrected chi connectivity index (χ0v) is 20.3. The van der Waals surface area contributed by atoms with Crippen LogP contribution in [0, 0.1) is 0 Å². The van der Waals surface area contributed by atoms with Gasteiger partial charge in [-0.25, -0.2) is 0 Å². The van der Waals surface area contributed by atoms with Gasteiger partial charge in [0.05, 0.1) is 17.7 Å². The van der Waals surface area contributed by atoms with Gasteiger partial charge in [-0.15, -0.1) is 5.10 Å². The second kappa shape index (κ2) is 10.5. The molecule has 34 heavy (non-hydrogen) atoms. The molecule has 172 valence electrons. The fraction of sp³-hybridized carbons (Fsp3) is 0.179. The third kappa shape index (κ3) is 6.02. The maximum Gasteiger partial charge on any atom is 0.267 e. The fourth-order valence-corrected chi connectivity index (χ4v) is 4.29. The number of allylic oxidation sites excluding steroid dienone is 1. The number of carbonyl (C=O) groups excluding carboxylic acids is 1. The second-order valence-electron chi connectivity index (χ2n) is 8.87. The fourth-order valence-electron chi connectivity index (χ4n) is 3.35. The molecule has 4 rings (SSSR count).